The van der Waals surface area contributed by atoms with Crippen LogP contribution in [0.3, 0.4) is 0 Å². The zero-order valence-electron chi connectivity index (χ0n) is 24.3. The normalized spacial score (nSPS) is 16.8. The molecule has 1 N–H and O–H groups in total. The van der Waals surface area contributed by atoms with Gasteiger partial charge in [0.2, 0.25) is 0 Å². The smallest absolute Gasteiger partial charge is 0.295 e. The molecule has 1 atom stereocenters. The molecule has 40 heavy (non-hydrogen) atoms. The van der Waals surface area contributed by atoms with E-state index in [1.807, 2.05) is 80.5 Å². The number of nitrogens with zero attached hydrogens (tertiary/aromatic N) is 2. The zero-order valence-corrected chi connectivity index (χ0v) is 24.3. The Kier molecular flexibility index (Phi) is 8.24. The Hall–Kier alpha value is -4.26. The second kappa shape index (κ2) is 11.5. The largest absolute Gasteiger partial charge is 0.507 e. The fourth-order valence-corrected chi connectivity index (χ4v) is 5.00. The molecule has 7 nitrogen and oxygen atoms in total. The highest BCUT2D eigenvalue weighted by atomic mass is 16.5. The average Bonchev–Trinajstić information content (AvgIpc) is 3.18. The molecule has 210 valence electrons. The number of likely N-dealkylation sites (tertiary alicyclic amines) is 1. The summed E-state index contributed by atoms with van der Waals surface area (Å²) < 4.78 is 11.1. The van der Waals surface area contributed by atoms with Gasteiger partial charge in [0.05, 0.1) is 25.3 Å². The van der Waals surface area contributed by atoms with E-state index in [0.29, 0.717) is 17.9 Å². The van der Waals surface area contributed by atoms with E-state index in [1.54, 1.807) is 19.2 Å². The Morgan fingerprint density at radius 3 is 2.17 bits per heavy atom. The lowest BCUT2D eigenvalue weighted by Crippen LogP contribution is -2.29. The lowest BCUT2D eigenvalue weighted by atomic mass is 9.84. The first kappa shape index (κ1) is 28.7. The minimum atomic E-state index is -0.761. The Bertz CT molecular complexity index is 1420. The van der Waals surface area contributed by atoms with E-state index in [1.165, 1.54) is 4.90 Å². The van der Waals surface area contributed by atoms with E-state index in [-0.39, 0.29) is 23.3 Å². The van der Waals surface area contributed by atoms with Crippen LogP contribution < -0.4 is 14.4 Å². The van der Waals surface area contributed by atoms with E-state index in [4.69, 9.17) is 9.47 Å². The second-order valence-electron chi connectivity index (χ2n) is 11.2. The van der Waals surface area contributed by atoms with E-state index in [9.17, 15) is 14.7 Å². The molecule has 3 aromatic rings. The van der Waals surface area contributed by atoms with Gasteiger partial charge in [-0.3, -0.25) is 9.59 Å². The van der Waals surface area contributed by atoms with Gasteiger partial charge in [-0.15, -0.1) is 0 Å². The van der Waals surface area contributed by atoms with Gasteiger partial charge >= 0.3 is 0 Å². The summed E-state index contributed by atoms with van der Waals surface area (Å²) in [5, 5.41) is 11.6. The number of rotatable bonds is 8. The number of aliphatic hydroxyl groups is 1. The molecule has 1 fully saturated rings. The van der Waals surface area contributed by atoms with Crippen LogP contribution in [0.4, 0.5) is 5.69 Å². The van der Waals surface area contributed by atoms with Crippen LogP contribution in [0.2, 0.25) is 0 Å². The van der Waals surface area contributed by atoms with Crippen molar-refractivity contribution in [2.75, 3.05) is 32.7 Å². The van der Waals surface area contributed by atoms with Gasteiger partial charge < -0.3 is 24.4 Å². The topological polar surface area (TPSA) is 79.3 Å². The van der Waals surface area contributed by atoms with Crippen LogP contribution in [-0.4, -0.2) is 49.5 Å². The molecule has 0 saturated carbocycles. The molecule has 7 heteroatoms. The molecular weight excluding hydrogens is 504 g/mol. The molecule has 0 bridgehead atoms. The summed E-state index contributed by atoms with van der Waals surface area (Å²) in [6.07, 6.45) is 0. The zero-order chi connectivity index (χ0) is 29.2. The summed E-state index contributed by atoms with van der Waals surface area (Å²) in [4.78, 5) is 30.6. The summed E-state index contributed by atoms with van der Waals surface area (Å²) in [6.45, 7) is 8.83. The highest BCUT2D eigenvalue weighted by molar-refractivity contribution is 6.46. The van der Waals surface area contributed by atoms with Gasteiger partial charge in [-0.25, -0.2) is 0 Å². The van der Waals surface area contributed by atoms with E-state index in [2.05, 4.69) is 20.8 Å². The Morgan fingerprint density at radius 1 is 0.975 bits per heavy atom. The van der Waals surface area contributed by atoms with Crippen LogP contribution in [0.15, 0.2) is 72.3 Å². The van der Waals surface area contributed by atoms with Crippen LogP contribution in [0, 0.1) is 0 Å². The number of ketones is 1. The molecule has 1 aliphatic rings. The van der Waals surface area contributed by atoms with Gasteiger partial charge in [0.1, 0.15) is 17.3 Å². The summed E-state index contributed by atoms with van der Waals surface area (Å²) in [6, 6.07) is 19.7. The van der Waals surface area contributed by atoms with Gasteiger partial charge in [0, 0.05) is 37.5 Å². The number of carbonyl (C=O) groups excluding carboxylic acids is 2. The number of ether oxygens (including phenoxy) is 2. The number of Topliss-reactive ketones (excluding diaryl/α,β-unsaturated/α-hetero) is 1. The van der Waals surface area contributed by atoms with Crippen molar-refractivity contribution in [2.45, 2.75) is 45.7 Å². The average molecular weight is 543 g/mol. The number of anilines is 1. The lowest BCUT2D eigenvalue weighted by molar-refractivity contribution is -0.140. The summed E-state index contributed by atoms with van der Waals surface area (Å²) in [7, 11) is 5.50. The Morgan fingerprint density at radius 2 is 1.62 bits per heavy atom. The molecule has 1 unspecified atom stereocenters. The fraction of sp³-hybridized carbons (Fsp3) is 0.333. The first-order chi connectivity index (χ1) is 19.0. The van der Waals surface area contributed by atoms with Gasteiger partial charge in [-0.1, -0.05) is 45.0 Å². The minimum absolute atomic E-state index is 0.0681. The maximum atomic E-state index is 13.6. The number of amides is 1. The Balaban J connectivity index is 1.85. The standard InChI is InChI=1S/C33H38N2O5/c1-8-40-25-16-9-21(10-17-25)20-35-29(22-11-14-24(15-12-22)34(5)6)28(31(37)32(35)38)30(36)23-13-18-27(39-7)26(19-23)33(2,3)4/h9-19,29,36H,8,20H2,1-7H3/b30-28-. The number of hydrogen-bond donors (Lipinski definition) is 1. The molecule has 0 radical (unpaired) electrons. The Labute approximate surface area is 236 Å². The number of methoxy groups -OCH3 is 1. The van der Waals surface area contributed by atoms with Crippen molar-refractivity contribution in [3.8, 4) is 11.5 Å². The second-order valence-corrected chi connectivity index (χ2v) is 11.2. The quantitative estimate of drug-likeness (QED) is 0.211. The molecule has 1 amide bonds. The lowest BCUT2D eigenvalue weighted by Gasteiger charge is -2.26. The van der Waals surface area contributed by atoms with E-state index < -0.39 is 17.7 Å². The third-order valence-electron chi connectivity index (χ3n) is 7.13. The third-order valence-corrected chi connectivity index (χ3v) is 7.13. The third kappa shape index (κ3) is 5.69. The summed E-state index contributed by atoms with van der Waals surface area (Å²) >= 11 is 0. The molecular formula is C33H38N2O5. The highest BCUT2D eigenvalue weighted by Crippen LogP contribution is 2.42. The molecule has 1 heterocycles. The molecule has 0 spiro atoms. The minimum Gasteiger partial charge on any atom is -0.507 e. The molecule has 0 aromatic heterocycles. The fourth-order valence-electron chi connectivity index (χ4n) is 5.00. The molecule has 1 aliphatic heterocycles. The van der Waals surface area contributed by atoms with Gasteiger partial charge in [-0.2, -0.15) is 0 Å². The van der Waals surface area contributed by atoms with E-state index in [0.717, 1.165) is 28.1 Å². The van der Waals surface area contributed by atoms with Crippen molar-refractivity contribution >= 4 is 23.1 Å². The first-order valence-electron chi connectivity index (χ1n) is 13.4. The van der Waals surface area contributed by atoms with Crippen LogP contribution >= 0.6 is 0 Å². The van der Waals surface area contributed by atoms with Crippen molar-refractivity contribution in [1.82, 2.24) is 4.90 Å². The maximum Gasteiger partial charge on any atom is 0.295 e. The van der Waals surface area contributed by atoms with Crippen LogP contribution in [-0.2, 0) is 21.5 Å². The predicted octanol–water partition coefficient (Wildman–Crippen LogP) is 6.08. The number of carbonyl (C=O) groups is 2. The maximum absolute atomic E-state index is 13.6. The van der Waals surface area contributed by atoms with Crippen LogP contribution in [0.1, 0.15) is 56.0 Å². The van der Waals surface area contributed by atoms with Crippen molar-refractivity contribution in [1.29, 1.82) is 0 Å². The monoisotopic (exact) mass is 542 g/mol. The highest BCUT2D eigenvalue weighted by Gasteiger charge is 2.46. The number of hydrogen-bond acceptors (Lipinski definition) is 6. The molecule has 0 aliphatic carbocycles. The first-order valence-corrected chi connectivity index (χ1v) is 13.4. The SMILES string of the molecule is CCOc1ccc(CN2C(=O)C(=O)/C(=C(\O)c3ccc(OC)c(C(C)(C)C)c3)C2c2ccc(N(C)C)cc2)cc1. The number of aliphatic hydroxyl groups excluding tert-OH is 1. The summed E-state index contributed by atoms with van der Waals surface area (Å²) in [5.41, 5.74) is 3.70. The molecule has 3 aromatic carbocycles. The van der Waals surface area contributed by atoms with Crippen LogP contribution in [0.25, 0.3) is 5.76 Å². The van der Waals surface area contributed by atoms with Gasteiger partial charge in [-0.05, 0) is 65.9 Å². The molecule has 1 saturated heterocycles. The van der Waals surface area contributed by atoms with Crippen LogP contribution in [0.5, 0.6) is 11.5 Å². The molecule has 4 rings (SSSR count). The van der Waals surface area contributed by atoms with Crippen molar-refractivity contribution < 1.29 is 24.2 Å². The summed E-state index contributed by atoms with van der Waals surface area (Å²) in [5.74, 6) is -0.142. The van der Waals surface area contributed by atoms with Gasteiger partial charge in [0.15, 0.2) is 0 Å². The van der Waals surface area contributed by atoms with E-state index >= 15 is 0 Å². The van der Waals surface area contributed by atoms with Crippen molar-refractivity contribution in [3.63, 3.8) is 0 Å². The van der Waals surface area contributed by atoms with Crippen molar-refractivity contribution in [3.05, 3.63) is 94.6 Å². The van der Waals surface area contributed by atoms with Gasteiger partial charge in [0.25, 0.3) is 11.7 Å². The predicted molar refractivity (Wildman–Crippen MR) is 158 cm³/mol. The van der Waals surface area contributed by atoms with Crippen molar-refractivity contribution in [2.24, 2.45) is 0 Å². The number of benzene rings is 3.